The van der Waals surface area contributed by atoms with Crippen molar-refractivity contribution in [2.45, 2.75) is 39.0 Å². The summed E-state index contributed by atoms with van der Waals surface area (Å²) in [6, 6.07) is 0. The standard InChI is InChI=1S/C19H31N5O2S/c1-3-20-18(23-12-7-15(8-13-23)17(25)26-2)21-9-6-16-14-27-19(22-16)24-10-4-5-11-24/h14-15H,3-13H2,1-2H3,(H,20,21). The molecular formula is C19H31N5O2S. The van der Waals surface area contributed by atoms with Gasteiger partial charge in [0, 0.05) is 51.1 Å². The van der Waals surface area contributed by atoms with Gasteiger partial charge < -0.3 is 19.9 Å². The van der Waals surface area contributed by atoms with Gasteiger partial charge in [0.25, 0.3) is 0 Å². The van der Waals surface area contributed by atoms with Gasteiger partial charge >= 0.3 is 5.97 Å². The Kier molecular flexibility index (Phi) is 7.32. The van der Waals surface area contributed by atoms with E-state index in [0.29, 0.717) is 0 Å². The number of nitrogens with one attached hydrogen (secondary N) is 1. The number of likely N-dealkylation sites (tertiary alicyclic amines) is 1. The van der Waals surface area contributed by atoms with Gasteiger partial charge in [0.15, 0.2) is 11.1 Å². The third kappa shape index (κ3) is 5.34. The molecule has 1 N–H and O–H groups in total. The Bertz CT molecular complexity index is 634. The number of hydrogen-bond donors (Lipinski definition) is 1. The van der Waals surface area contributed by atoms with Crippen LogP contribution >= 0.6 is 11.3 Å². The Morgan fingerprint density at radius 1 is 1.33 bits per heavy atom. The normalized spacial score (nSPS) is 18.8. The van der Waals surface area contributed by atoms with Gasteiger partial charge in [-0.1, -0.05) is 0 Å². The summed E-state index contributed by atoms with van der Waals surface area (Å²) in [7, 11) is 1.47. The first-order chi connectivity index (χ1) is 13.2. The number of aromatic nitrogens is 1. The molecule has 1 aromatic heterocycles. The number of nitrogens with zero attached hydrogens (tertiary/aromatic N) is 4. The summed E-state index contributed by atoms with van der Waals surface area (Å²) >= 11 is 1.75. The fourth-order valence-corrected chi connectivity index (χ4v) is 4.57. The van der Waals surface area contributed by atoms with Crippen LogP contribution in [0.3, 0.4) is 0 Å². The maximum Gasteiger partial charge on any atom is 0.308 e. The second-order valence-corrected chi connectivity index (χ2v) is 7.92. The summed E-state index contributed by atoms with van der Waals surface area (Å²) in [6.45, 7) is 7.59. The summed E-state index contributed by atoms with van der Waals surface area (Å²) in [5.74, 6) is 0.873. The number of anilines is 1. The van der Waals surface area contributed by atoms with E-state index >= 15 is 0 Å². The molecule has 7 nitrogen and oxygen atoms in total. The second-order valence-electron chi connectivity index (χ2n) is 7.09. The molecule has 0 aliphatic carbocycles. The quantitative estimate of drug-likeness (QED) is 0.454. The van der Waals surface area contributed by atoms with E-state index in [0.717, 1.165) is 75.3 Å². The first-order valence-corrected chi connectivity index (χ1v) is 10.9. The second kappa shape index (κ2) is 9.92. The molecule has 0 bridgehead atoms. The summed E-state index contributed by atoms with van der Waals surface area (Å²) in [6.07, 6.45) is 5.05. The van der Waals surface area contributed by atoms with E-state index in [1.165, 1.54) is 20.0 Å². The van der Waals surface area contributed by atoms with Gasteiger partial charge in [-0.3, -0.25) is 9.79 Å². The number of methoxy groups -OCH3 is 1. The average molecular weight is 394 g/mol. The van der Waals surface area contributed by atoms with Crippen molar-refractivity contribution in [2.75, 3.05) is 51.3 Å². The van der Waals surface area contributed by atoms with Crippen LogP contribution in [0.2, 0.25) is 0 Å². The lowest BCUT2D eigenvalue weighted by molar-refractivity contribution is -0.146. The minimum Gasteiger partial charge on any atom is -0.469 e. The Morgan fingerprint density at radius 2 is 2.07 bits per heavy atom. The molecule has 0 atom stereocenters. The maximum absolute atomic E-state index is 11.7. The van der Waals surface area contributed by atoms with Crippen molar-refractivity contribution in [3.8, 4) is 0 Å². The van der Waals surface area contributed by atoms with E-state index in [1.54, 1.807) is 11.3 Å². The Morgan fingerprint density at radius 3 is 2.74 bits per heavy atom. The van der Waals surface area contributed by atoms with E-state index < -0.39 is 0 Å². The molecule has 0 radical (unpaired) electrons. The van der Waals surface area contributed by atoms with E-state index in [4.69, 9.17) is 14.7 Å². The summed E-state index contributed by atoms with van der Waals surface area (Å²) in [5.41, 5.74) is 1.13. The smallest absolute Gasteiger partial charge is 0.308 e. The lowest BCUT2D eigenvalue weighted by Crippen LogP contribution is -2.46. The molecule has 150 valence electrons. The Labute approximate surface area is 165 Å². The molecule has 2 fully saturated rings. The van der Waals surface area contributed by atoms with Gasteiger partial charge in [-0.05, 0) is 32.6 Å². The Balaban J connectivity index is 1.51. The molecule has 8 heteroatoms. The number of rotatable bonds is 6. The predicted molar refractivity (Wildman–Crippen MR) is 110 cm³/mol. The average Bonchev–Trinajstić information content (AvgIpc) is 3.38. The van der Waals surface area contributed by atoms with Crippen LogP contribution in [-0.4, -0.2) is 68.2 Å². The third-order valence-electron chi connectivity index (χ3n) is 5.21. The number of aliphatic imine (C=N–C) groups is 1. The van der Waals surface area contributed by atoms with Gasteiger partial charge in [-0.15, -0.1) is 11.3 Å². The largest absolute Gasteiger partial charge is 0.469 e. The highest BCUT2D eigenvalue weighted by Crippen LogP contribution is 2.24. The number of esters is 1. The molecule has 0 spiro atoms. The minimum absolute atomic E-state index is 0.0214. The minimum atomic E-state index is -0.0890. The predicted octanol–water partition coefficient (Wildman–Crippen LogP) is 2.14. The van der Waals surface area contributed by atoms with Gasteiger partial charge in [0.2, 0.25) is 0 Å². The summed E-state index contributed by atoms with van der Waals surface area (Å²) in [4.78, 5) is 25.9. The van der Waals surface area contributed by atoms with Crippen LogP contribution in [-0.2, 0) is 16.0 Å². The monoisotopic (exact) mass is 393 g/mol. The zero-order valence-corrected chi connectivity index (χ0v) is 17.3. The number of piperidine rings is 1. The number of ether oxygens (including phenoxy) is 1. The van der Waals surface area contributed by atoms with Gasteiger partial charge in [-0.25, -0.2) is 4.98 Å². The van der Waals surface area contributed by atoms with Crippen molar-refractivity contribution in [3.05, 3.63) is 11.1 Å². The molecular weight excluding hydrogens is 362 g/mol. The molecule has 2 aliphatic heterocycles. The fourth-order valence-electron chi connectivity index (χ4n) is 3.66. The van der Waals surface area contributed by atoms with Gasteiger partial charge in [0.05, 0.1) is 18.7 Å². The molecule has 0 aromatic carbocycles. The lowest BCUT2D eigenvalue weighted by atomic mass is 9.97. The van der Waals surface area contributed by atoms with Crippen LogP contribution in [0.5, 0.6) is 0 Å². The van der Waals surface area contributed by atoms with E-state index in [9.17, 15) is 4.79 Å². The molecule has 27 heavy (non-hydrogen) atoms. The highest BCUT2D eigenvalue weighted by Gasteiger charge is 2.27. The molecule has 0 amide bonds. The lowest BCUT2D eigenvalue weighted by Gasteiger charge is -2.33. The molecule has 2 aliphatic rings. The van der Waals surface area contributed by atoms with Crippen LogP contribution in [0.4, 0.5) is 5.13 Å². The van der Waals surface area contributed by atoms with Crippen LogP contribution < -0.4 is 10.2 Å². The highest BCUT2D eigenvalue weighted by molar-refractivity contribution is 7.13. The van der Waals surface area contributed by atoms with Crippen molar-refractivity contribution in [1.82, 2.24) is 15.2 Å². The van der Waals surface area contributed by atoms with Crippen LogP contribution in [0.25, 0.3) is 0 Å². The SMILES string of the molecule is CCNC(=NCCc1csc(N2CCCC2)n1)N1CCC(C(=O)OC)CC1. The van der Waals surface area contributed by atoms with Gasteiger partial charge in [0.1, 0.15) is 0 Å². The molecule has 3 heterocycles. The zero-order valence-electron chi connectivity index (χ0n) is 16.4. The molecule has 1 aromatic rings. The summed E-state index contributed by atoms with van der Waals surface area (Å²) in [5, 5.41) is 6.70. The molecule has 3 rings (SSSR count). The zero-order chi connectivity index (χ0) is 19.1. The maximum atomic E-state index is 11.7. The van der Waals surface area contributed by atoms with E-state index in [2.05, 4.69) is 27.4 Å². The van der Waals surface area contributed by atoms with Crippen molar-refractivity contribution >= 4 is 28.4 Å². The van der Waals surface area contributed by atoms with Crippen LogP contribution in [0, 0.1) is 5.92 Å². The van der Waals surface area contributed by atoms with Gasteiger partial charge in [-0.2, -0.15) is 0 Å². The van der Waals surface area contributed by atoms with Crippen molar-refractivity contribution in [2.24, 2.45) is 10.9 Å². The molecule has 0 saturated carbocycles. The topological polar surface area (TPSA) is 70.1 Å². The van der Waals surface area contributed by atoms with E-state index in [-0.39, 0.29) is 11.9 Å². The summed E-state index contributed by atoms with van der Waals surface area (Å²) < 4.78 is 4.87. The Hall–Kier alpha value is -1.83. The van der Waals surface area contributed by atoms with Crippen LogP contribution in [0.1, 0.15) is 38.3 Å². The van der Waals surface area contributed by atoms with Crippen molar-refractivity contribution < 1.29 is 9.53 Å². The molecule has 0 unspecified atom stereocenters. The van der Waals surface area contributed by atoms with Crippen molar-refractivity contribution in [1.29, 1.82) is 0 Å². The van der Waals surface area contributed by atoms with Crippen molar-refractivity contribution in [3.63, 3.8) is 0 Å². The molecule has 2 saturated heterocycles. The first kappa shape index (κ1) is 19.9. The third-order valence-corrected chi connectivity index (χ3v) is 6.16. The number of guanidine groups is 1. The first-order valence-electron chi connectivity index (χ1n) is 10.0. The number of carbonyl (C=O) groups is 1. The van der Waals surface area contributed by atoms with Crippen LogP contribution in [0.15, 0.2) is 10.4 Å². The number of carbonyl (C=O) groups excluding carboxylic acids is 1. The number of hydrogen-bond acceptors (Lipinski definition) is 6. The number of thiazole rings is 1. The highest BCUT2D eigenvalue weighted by atomic mass is 32.1. The fraction of sp³-hybridized carbons (Fsp3) is 0.737. The van der Waals surface area contributed by atoms with E-state index in [1.807, 2.05) is 0 Å².